The number of methoxy groups -OCH3 is 2. The Bertz CT molecular complexity index is 721. The van der Waals surface area contributed by atoms with E-state index in [4.69, 9.17) is 9.47 Å². The highest BCUT2D eigenvalue weighted by Crippen LogP contribution is 2.29. The monoisotopic (exact) mass is 364 g/mol. The van der Waals surface area contributed by atoms with E-state index in [1.54, 1.807) is 19.2 Å². The summed E-state index contributed by atoms with van der Waals surface area (Å²) >= 11 is 0. The van der Waals surface area contributed by atoms with Crippen LogP contribution in [-0.2, 0) is 22.0 Å². The lowest BCUT2D eigenvalue weighted by atomic mass is 10.1. The van der Waals surface area contributed by atoms with E-state index in [9.17, 15) is 13.6 Å². The van der Waals surface area contributed by atoms with E-state index in [0.29, 0.717) is 24.5 Å². The van der Waals surface area contributed by atoms with Crippen molar-refractivity contribution in [3.05, 3.63) is 59.7 Å². The summed E-state index contributed by atoms with van der Waals surface area (Å²) in [7, 11) is 3.03. The average Bonchev–Trinajstić information content (AvgIpc) is 2.67. The molecule has 0 saturated heterocycles. The van der Waals surface area contributed by atoms with Gasteiger partial charge in [0.25, 0.3) is 5.91 Å². The van der Waals surface area contributed by atoms with Gasteiger partial charge in [-0.1, -0.05) is 18.2 Å². The zero-order valence-corrected chi connectivity index (χ0v) is 14.7. The van der Waals surface area contributed by atoms with Crippen LogP contribution in [0.25, 0.3) is 0 Å². The molecule has 0 bridgehead atoms. The Hall–Kier alpha value is -2.67. The summed E-state index contributed by atoms with van der Waals surface area (Å²) in [5, 5.41) is 5.45. The van der Waals surface area contributed by atoms with Crippen molar-refractivity contribution in [2.24, 2.45) is 0 Å². The molecule has 0 aliphatic heterocycles. The summed E-state index contributed by atoms with van der Waals surface area (Å²) in [6, 6.07) is 12.3. The Morgan fingerprint density at radius 2 is 1.77 bits per heavy atom. The third kappa shape index (κ3) is 4.92. The fourth-order valence-corrected chi connectivity index (χ4v) is 2.35. The number of alkyl halides is 2. The van der Waals surface area contributed by atoms with Crippen molar-refractivity contribution >= 4 is 11.6 Å². The van der Waals surface area contributed by atoms with Gasteiger partial charge in [0.15, 0.2) is 0 Å². The van der Waals surface area contributed by atoms with E-state index in [1.165, 1.54) is 31.4 Å². The van der Waals surface area contributed by atoms with Gasteiger partial charge >= 0.3 is 5.92 Å². The predicted octanol–water partition coefficient (Wildman–Crippen LogP) is 3.16. The van der Waals surface area contributed by atoms with Crippen LogP contribution in [0.15, 0.2) is 48.5 Å². The molecule has 0 radical (unpaired) electrons. The first-order valence-electron chi connectivity index (χ1n) is 8.10. The third-order valence-corrected chi connectivity index (χ3v) is 3.82. The van der Waals surface area contributed by atoms with Crippen molar-refractivity contribution in [2.75, 3.05) is 32.7 Å². The second-order valence-corrected chi connectivity index (χ2v) is 5.56. The van der Waals surface area contributed by atoms with Gasteiger partial charge in [-0.15, -0.1) is 0 Å². The highest BCUT2D eigenvalue weighted by atomic mass is 19.3. The molecule has 2 aromatic rings. The van der Waals surface area contributed by atoms with Gasteiger partial charge in [0.2, 0.25) is 0 Å². The molecular weight excluding hydrogens is 342 g/mol. The maximum atomic E-state index is 14.4. The topological polar surface area (TPSA) is 59.6 Å². The van der Waals surface area contributed by atoms with Crippen molar-refractivity contribution in [3.63, 3.8) is 0 Å². The van der Waals surface area contributed by atoms with Crippen LogP contribution in [-0.4, -0.2) is 33.3 Å². The maximum Gasteiger partial charge on any atom is 0.349 e. The number of para-hydroxylation sites is 1. The maximum absolute atomic E-state index is 14.4. The summed E-state index contributed by atoms with van der Waals surface area (Å²) in [4.78, 5) is 12.0. The number of anilines is 1. The first-order valence-corrected chi connectivity index (χ1v) is 8.10. The molecule has 7 heteroatoms. The molecule has 0 unspecified atom stereocenters. The number of carbonyl (C=O) groups excluding carboxylic acids is 1. The molecular formula is C19H22F2N2O3. The van der Waals surface area contributed by atoms with E-state index in [1.807, 2.05) is 12.1 Å². The highest BCUT2D eigenvalue weighted by Gasteiger charge is 2.40. The Morgan fingerprint density at radius 1 is 1.08 bits per heavy atom. The summed E-state index contributed by atoms with van der Waals surface area (Å²) in [5.74, 6) is -4.54. The fraction of sp³-hybridized carbons (Fsp3) is 0.316. The average molecular weight is 364 g/mol. The first-order chi connectivity index (χ1) is 12.5. The van der Waals surface area contributed by atoms with Crippen LogP contribution < -0.4 is 15.4 Å². The smallest absolute Gasteiger partial charge is 0.349 e. The van der Waals surface area contributed by atoms with Crippen LogP contribution >= 0.6 is 0 Å². The van der Waals surface area contributed by atoms with Crippen LogP contribution in [0.5, 0.6) is 5.75 Å². The quantitative estimate of drug-likeness (QED) is 0.671. The van der Waals surface area contributed by atoms with Gasteiger partial charge in [0.05, 0.1) is 13.7 Å². The Morgan fingerprint density at radius 3 is 2.42 bits per heavy atom. The van der Waals surface area contributed by atoms with Crippen LogP contribution in [0, 0.1) is 0 Å². The number of hydrogen-bond donors (Lipinski definition) is 2. The largest absolute Gasteiger partial charge is 0.497 e. The second-order valence-electron chi connectivity index (χ2n) is 5.56. The Kier molecular flexibility index (Phi) is 6.91. The highest BCUT2D eigenvalue weighted by molar-refractivity contribution is 5.84. The van der Waals surface area contributed by atoms with Crippen molar-refractivity contribution in [3.8, 4) is 5.75 Å². The number of amides is 1. The zero-order valence-electron chi connectivity index (χ0n) is 14.7. The molecule has 0 aliphatic rings. The van der Waals surface area contributed by atoms with Gasteiger partial charge < -0.3 is 20.1 Å². The predicted molar refractivity (Wildman–Crippen MR) is 95.5 cm³/mol. The van der Waals surface area contributed by atoms with E-state index in [-0.39, 0.29) is 12.1 Å². The number of hydrogen-bond acceptors (Lipinski definition) is 4. The van der Waals surface area contributed by atoms with E-state index >= 15 is 0 Å². The standard InChI is InChI=1S/C19H22F2N2O3/c1-25-12-11-22-17-6-4-3-5-14(17)13-23-18(24)19(20,21)15-7-9-16(26-2)10-8-15/h3-10,22H,11-13H2,1-2H3,(H,23,24). The molecule has 0 fully saturated rings. The Balaban J connectivity index is 2.03. The van der Waals surface area contributed by atoms with Gasteiger partial charge in [-0.05, 0) is 35.9 Å². The van der Waals surface area contributed by atoms with E-state index in [0.717, 1.165) is 5.69 Å². The molecule has 0 aromatic heterocycles. The summed E-state index contributed by atoms with van der Waals surface area (Å²) in [5.41, 5.74) is 1.09. The lowest BCUT2D eigenvalue weighted by Crippen LogP contribution is -2.37. The van der Waals surface area contributed by atoms with Gasteiger partial charge in [-0.2, -0.15) is 8.78 Å². The molecule has 0 heterocycles. The number of halogens is 2. The normalized spacial score (nSPS) is 11.1. The molecule has 0 atom stereocenters. The molecule has 5 nitrogen and oxygen atoms in total. The SMILES string of the molecule is COCCNc1ccccc1CNC(=O)C(F)(F)c1ccc(OC)cc1. The second kappa shape index (κ2) is 9.15. The van der Waals surface area contributed by atoms with Crippen molar-refractivity contribution in [1.29, 1.82) is 0 Å². The first kappa shape index (κ1) is 19.7. The van der Waals surface area contributed by atoms with Gasteiger partial charge in [-0.3, -0.25) is 4.79 Å². The number of ether oxygens (including phenoxy) is 2. The minimum Gasteiger partial charge on any atom is -0.497 e. The van der Waals surface area contributed by atoms with Crippen LogP contribution in [0.2, 0.25) is 0 Å². The number of carbonyl (C=O) groups is 1. The third-order valence-electron chi connectivity index (χ3n) is 3.82. The molecule has 26 heavy (non-hydrogen) atoms. The molecule has 0 spiro atoms. The molecule has 2 N–H and O–H groups in total. The summed E-state index contributed by atoms with van der Waals surface area (Å²) < 4.78 is 38.6. The minimum atomic E-state index is -3.63. The summed E-state index contributed by atoms with van der Waals surface area (Å²) in [6.07, 6.45) is 0. The lowest BCUT2D eigenvalue weighted by Gasteiger charge is -2.18. The zero-order chi connectivity index (χ0) is 19.0. The van der Waals surface area contributed by atoms with Crippen molar-refractivity contribution in [2.45, 2.75) is 12.5 Å². The van der Waals surface area contributed by atoms with Crippen LogP contribution in [0.4, 0.5) is 14.5 Å². The Labute approximate surface area is 151 Å². The summed E-state index contributed by atoms with van der Waals surface area (Å²) in [6.45, 7) is 1.07. The van der Waals surface area contributed by atoms with Crippen LogP contribution in [0.3, 0.4) is 0 Å². The molecule has 0 aliphatic carbocycles. The number of benzene rings is 2. The lowest BCUT2D eigenvalue weighted by molar-refractivity contribution is -0.147. The molecule has 1 amide bonds. The minimum absolute atomic E-state index is 0.0132. The molecule has 0 saturated carbocycles. The molecule has 2 aromatic carbocycles. The fourth-order valence-electron chi connectivity index (χ4n) is 2.35. The van der Waals surface area contributed by atoms with Gasteiger partial charge in [0.1, 0.15) is 5.75 Å². The van der Waals surface area contributed by atoms with Gasteiger partial charge in [0, 0.05) is 31.5 Å². The van der Waals surface area contributed by atoms with E-state index in [2.05, 4.69) is 10.6 Å². The van der Waals surface area contributed by atoms with E-state index < -0.39 is 11.8 Å². The molecule has 140 valence electrons. The van der Waals surface area contributed by atoms with Crippen molar-refractivity contribution < 1.29 is 23.0 Å². The van der Waals surface area contributed by atoms with Gasteiger partial charge in [-0.25, -0.2) is 0 Å². The van der Waals surface area contributed by atoms with Crippen LogP contribution in [0.1, 0.15) is 11.1 Å². The molecule has 2 rings (SSSR count). The number of nitrogens with one attached hydrogen (secondary N) is 2. The number of rotatable bonds is 9. The van der Waals surface area contributed by atoms with Crippen molar-refractivity contribution in [1.82, 2.24) is 5.32 Å².